The maximum Gasteiger partial charge on any atom is 0.287 e. The molecule has 6 heteroatoms. The van der Waals surface area contributed by atoms with E-state index in [-0.39, 0.29) is 11.8 Å². The first kappa shape index (κ1) is 18.0. The van der Waals surface area contributed by atoms with E-state index in [2.05, 4.69) is 24.1 Å². The second-order valence-corrected chi connectivity index (χ2v) is 7.45. The lowest BCUT2D eigenvalue weighted by atomic mass is 9.99. The average molecular weight is 346 g/mol. The number of likely N-dealkylation sites (tertiary alicyclic amines) is 1. The number of piperidine rings is 1. The molecule has 6 nitrogen and oxygen atoms in total. The van der Waals surface area contributed by atoms with Gasteiger partial charge in [-0.15, -0.1) is 0 Å². The minimum Gasteiger partial charge on any atom is -0.349 e. The highest BCUT2D eigenvalue weighted by molar-refractivity contribution is 5.97. The van der Waals surface area contributed by atoms with Crippen LogP contribution in [-0.4, -0.2) is 45.9 Å². The zero-order valence-corrected chi connectivity index (χ0v) is 15.5. The van der Waals surface area contributed by atoms with E-state index in [0.29, 0.717) is 24.0 Å². The SMILES string of the molecule is CCCCNC(=O)c1nc(C(=O)N2CCCC(C)C2)c2n1CCCC2. The third kappa shape index (κ3) is 3.88. The number of rotatable bonds is 5. The zero-order valence-electron chi connectivity index (χ0n) is 15.5. The van der Waals surface area contributed by atoms with Gasteiger partial charge in [0.1, 0.15) is 5.69 Å². The van der Waals surface area contributed by atoms with Crippen molar-refractivity contribution in [2.45, 2.75) is 65.3 Å². The minimum absolute atomic E-state index is 0.00445. The van der Waals surface area contributed by atoms with Gasteiger partial charge in [0.05, 0.1) is 5.69 Å². The Hall–Kier alpha value is -1.85. The van der Waals surface area contributed by atoms with Gasteiger partial charge in [-0.1, -0.05) is 20.3 Å². The quantitative estimate of drug-likeness (QED) is 0.834. The van der Waals surface area contributed by atoms with E-state index >= 15 is 0 Å². The molecular weight excluding hydrogens is 316 g/mol. The van der Waals surface area contributed by atoms with Gasteiger partial charge in [0, 0.05) is 26.2 Å². The molecule has 3 heterocycles. The van der Waals surface area contributed by atoms with Crippen LogP contribution in [0.4, 0.5) is 0 Å². The molecule has 1 N–H and O–H groups in total. The molecule has 138 valence electrons. The van der Waals surface area contributed by atoms with Gasteiger partial charge >= 0.3 is 0 Å². The molecule has 2 amide bonds. The molecular formula is C19H30N4O2. The first-order valence-electron chi connectivity index (χ1n) is 9.78. The number of hydrogen-bond donors (Lipinski definition) is 1. The summed E-state index contributed by atoms with van der Waals surface area (Å²) in [6, 6.07) is 0. The zero-order chi connectivity index (χ0) is 17.8. The summed E-state index contributed by atoms with van der Waals surface area (Å²) in [5.41, 5.74) is 1.46. The first-order chi connectivity index (χ1) is 12.1. The van der Waals surface area contributed by atoms with E-state index in [1.54, 1.807) is 0 Å². The highest BCUT2D eigenvalue weighted by Crippen LogP contribution is 2.24. The van der Waals surface area contributed by atoms with Gasteiger partial charge in [-0.3, -0.25) is 9.59 Å². The van der Waals surface area contributed by atoms with Crippen LogP contribution in [0, 0.1) is 5.92 Å². The van der Waals surface area contributed by atoms with Crippen LogP contribution >= 0.6 is 0 Å². The van der Waals surface area contributed by atoms with Crippen LogP contribution < -0.4 is 5.32 Å². The topological polar surface area (TPSA) is 67.2 Å². The van der Waals surface area contributed by atoms with Crippen molar-refractivity contribution in [3.05, 3.63) is 17.2 Å². The van der Waals surface area contributed by atoms with Crippen molar-refractivity contribution in [2.24, 2.45) is 5.92 Å². The van der Waals surface area contributed by atoms with E-state index in [9.17, 15) is 9.59 Å². The van der Waals surface area contributed by atoms with Crippen LogP contribution in [0.1, 0.15) is 79.2 Å². The summed E-state index contributed by atoms with van der Waals surface area (Å²) in [5, 5.41) is 2.94. The number of fused-ring (bicyclic) bond motifs is 1. The molecule has 1 aromatic rings. The van der Waals surface area contributed by atoms with Crippen LogP contribution in [-0.2, 0) is 13.0 Å². The lowest BCUT2D eigenvalue weighted by molar-refractivity contribution is 0.0676. The molecule has 1 fully saturated rings. The Morgan fingerprint density at radius 1 is 1.24 bits per heavy atom. The Kier molecular flexibility index (Phi) is 5.76. The van der Waals surface area contributed by atoms with E-state index in [1.165, 1.54) is 6.42 Å². The second-order valence-electron chi connectivity index (χ2n) is 7.45. The lowest BCUT2D eigenvalue weighted by Crippen LogP contribution is -2.39. The summed E-state index contributed by atoms with van der Waals surface area (Å²) in [5.74, 6) is 0.805. The molecule has 0 radical (unpaired) electrons. The van der Waals surface area contributed by atoms with Crippen LogP contribution in [0.15, 0.2) is 0 Å². The van der Waals surface area contributed by atoms with Crippen molar-refractivity contribution in [1.82, 2.24) is 19.8 Å². The first-order valence-corrected chi connectivity index (χ1v) is 9.78. The molecule has 0 saturated carbocycles. The maximum atomic E-state index is 13.0. The van der Waals surface area contributed by atoms with Crippen molar-refractivity contribution in [1.29, 1.82) is 0 Å². The Balaban J connectivity index is 1.84. The van der Waals surface area contributed by atoms with Crippen molar-refractivity contribution in [2.75, 3.05) is 19.6 Å². The summed E-state index contributed by atoms with van der Waals surface area (Å²) >= 11 is 0. The lowest BCUT2D eigenvalue weighted by Gasteiger charge is -2.30. The van der Waals surface area contributed by atoms with Gasteiger partial charge in [0.25, 0.3) is 11.8 Å². The Labute approximate surface area is 150 Å². The molecule has 2 aliphatic heterocycles. The Bertz CT molecular complexity index is 638. The van der Waals surface area contributed by atoms with Crippen LogP contribution in [0.2, 0.25) is 0 Å². The van der Waals surface area contributed by atoms with Crippen molar-refractivity contribution >= 4 is 11.8 Å². The highest BCUT2D eigenvalue weighted by atomic mass is 16.2. The molecule has 2 aliphatic rings. The fraction of sp³-hybridized carbons (Fsp3) is 0.737. The number of carbonyl (C=O) groups is 2. The van der Waals surface area contributed by atoms with Crippen molar-refractivity contribution < 1.29 is 9.59 Å². The van der Waals surface area contributed by atoms with E-state index < -0.39 is 0 Å². The number of amides is 2. The monoisotopic (exact) mass is 346 g/mol. The molecule has 0 spiro atoms. The molecule has 0 aromatic carbocycles. The van der Waals surface area contributed by atoms with Gasteiger partial charge < -0.3 is 14.8 Å². The van der Waals surface area contributed by atoms with Crippen LogP contribution in [0.25, 0.3) is 0 Å². The molecule has 1 atom stereocenters. The molecule has 1 unspecified atom stereocenters. The second kappa shape index (κ2) is 8.02. The molecule has 0 aliphatic carbocycles. The fourth-order valence-electron chi connectivity index (χ4n) is 3.87. The number of aromatic nitrogens is 2. The largest absolute Gasteiger partial charge is 0.349 e. The van der Waals surface area contributed by atoms with E-state index in [4.69, 9.17) is 0 Å². The standard InChI is InChI=1S/C19H30N4O2/c1-3-4-10-20-18(24)17-21-16(15-9-5-6-12-23(15)17)19(25)22-11-7-8-14(2)13-22/h14H,3-13H2,1-2H3,(H,20,24). The molecule has 1 saturated heterocycles. The smallest absolute Gasteiger partial charge is 0.287 e. The number of nitrogens with zero attached hydrogens (tertiary/aromatic N) is 3. The van der Waals surface area contributed by atoms with Crippen molar-refractivity contribution in [3.63, 3.8) is 0 Å². The third-order valence-electron chi connectivity index (χ3n) is 5.28. The summed E-state index contributed by atoms with van der Waals surface area (Å²) in [6.07, 6.45) is 7.14. The summed E-state index contributed by atoms with van der Waals surface area (Å²) in [4.78, 5) is 32.0. The maximum absolute atomic E-state index is 13.0. The van der Waals surface area contributed by atoms with Gasteiger partial charge in [-0.2, -0.15) is 0 Å². The Morgan fingerprint density at radius 3 is 2.84 bits per heavy atom. The van der Waals surface area contributed by atoms with Gasteiger partial charge in [-0.25, -0.2) is 4.98 Å². The number of imidazole rings is 1. The highest BCUT2D eigenvalue weighted by Gasteiger charge is 2.31. The summed E-state index contributed by atoms with van der Waals surface area (Å²) in [7, 11) is 0. The molecule has 1 aromatic heterocycles. The molecule has 0 bridgehead atoms. The van der Waals surface area contributed by atoms with Crippen molar-refractivity contribution in [3.8, 4) is 0 Å². The summed E-state index contributed by atoms with van der Waals surface area (Å²) in [6.45, 7) is 7.32. The predicted octanol–water partition coefficient (Wildman–Crippen LogP) is 2.62. The number of unbranched alkanes of at least 4 members (excludes halogenated alkanes) is 1. The fourth-order valence-corrected chi connectivity index (χ4v) is 3.87. The van der Waals surface area contributed by atoms with Gasteiger partial charge in [0.15, 0.2) is 5.82 Å². The number of hydrogen-bond acceptors (Lipinski definition) is 3. The van der Waals surface area contributed by atoms with Gasteiger partial charge in [0.2, 0.25) is 0 Å². The van der Waals surface area contributed by atoms with Crippen LogP contribution in [0.5, 0.6) is 0 Å². The van der Waals surface area contributed by atoms with E-state index in [0.717, 1.165) is 63.9 Å². The third-order valence-corrected chi connectivity index (χ3v) is 5.28. The number of carbonyl (C=O) groups excluding carboxylic acids is 2. The average Bonchev–Trinajstić information content (AvgIpc) is 3.01. The molecule has 25 heavy (non-hydrogen) atoms. The van der Waals surface area contributed by atoms with Crippen LogP contribution in [0.3, 0.4) is 0 Å². The molecule has 3 rings (SSSR count). The predicted molar refractivity (Wildman–Crippen MR) is 96.7 cm³/mol. The summed E-state index contributed by atoms with van der Waals surface area (Å²) < 4.78 is 1.98. The minimum atomic E-state index is -0.150. The normalized spacial score (nSPS) is 20.2. The Morgan fingerprint density at radius 2 is 2.08 bits per heavy atom. The van der Waals surface area contributed by atoms with Gasteiger partial charge in [-0.05, 0) is 44.4 Å². The number of nitrogens with one attached hydrogen (secondary N) is 1. The van der Waals surface area contributed by atoms with E-state index in [1.807, 2.05) is 9.47 Å².